The summed E-state index contributed by atoms with van der Waals surface area (Å²) in [4.78, 5) is 22.7. The molecule has 0 fully saturated rings. The summed E-state index contributed by atoms with van der Waals surface area (Å²) >= 11 is 5.96. The van der Waals surface area contributed by atoms with Crippen LogP contribution in [0.25, 0.3) is 0 Å². The SMILES string of the molecule is NC(=O)Nc1ccc(CNC(=O)c2ccccc2Cl)cc1. The van der Waals surface area contributed by atoms with Crippen LogP contribution in [0.4, 0.5) is 10.5 Å². The average molecular weight is 304 g/mol. The van der Waals surface area contributed by atoms with Crippen molar-refractivity contribution in [2.75, 3.05) is 5.32 Å². The summed E-state index contributed by atoms with van der Waals surface area (Å²) < 4.78 is 0. The summed E-state index contributed by atoms with van der Waals surface area (Å²) in [5, 5.41) is 5.66. The molecule has 0 unspecified atom stereocenters. The highest BCUT2D eigenvalue weighted by Gasteiger charge is 2.08. The number of rotatable bonds is 4. The van der Waals surface area contributed by atoms with Crippen LogP contribution in [0.15, 0.2) is 48.5 Å². The van der Waals surface area contributed by atoms with E-state index in [0.717, 1.165) is 5.56 Å². The van der Waals surface area contributed by atoms with Crippen molar-refractivity contribution in [2.24, 2.45) is 5.73 Å². The number of urea groups is 1. The fourth-order valence-electron chi connectivity index (χ4n) is 1.77. The van der Waals surface area contributed by atoms with Gasteiger partial charge < -0.3 is 16.4 Å². The van der Waals surface area contributed by atoms with E-state index in [0.29, 0.717) is 22.8 Å². The van der Waals surface area contributed by atoms with Crippen molar-refractivity contribution in [3.05, 3.63) is 64.7 Å². The lowest BCUT2D eigenvalue weighted by molar-refractivity contribution is 0.0951. The number of primary amides is 1. The van der Waals surface area contributed by atoms with E-state index in [1.165, 1.54) is 0 Å². The molecule has 0 bridgehead atoms. The zero-order valence-corrected chi connectivity index (χ0v) is 11.9. The zero-order chi connectivity index (χ0) is 15.2. The Bertz CT molecular complexity index is 656. The van der Waals surface area contributed by atoms with Gasteiger partial charge in [-0.3, -0.25) is 4.79 Å². The predicted octanol–water partition coefficient (Wildman–Crippen LogP) is 2.76. The first-order chi connectivity index (χ1) is 10.1. The van der Waals surface area contributed by atoms with E-state index >= 15 is 0 Å². The van der Waals surface area contributed by atoms with Crippen LogP contribution < -0.4 is 16.4 Å². The number of hydrogen-bond acceptors (Lipinski definition) is 2. The minimum atomic E-state index is -0.616. The number of hydrogen-bond donors (Lipinski definition) is 3. The van der Waals surface area contributed by atoms with Gasteiger partial charge in [-0.05, 0) is 29.8 Å². The van der Waals surface area contributed by atoms with E-state index in [2.05, 4.69) is 10.6 Å². The van der Waals surface area contributed by atoms with E-state index in [9.17, 15) is 9.59 Å². The Balaban J connectivity index is 1.95. The first kappa shape index (κ1) is 14.9. The third-order valence-electron chi connectivity index (χ3n) is 2.79. The van der Waals surface area contributed by atoms with Gasteiger partial charge in [-0.1, -0.05) is 35.9 Å². The molecule has 2 aromatic carbocycles. The Morgan fingerprint density at radius 1 is 1.05 bits per heavy atom. The number of anilines is 1. The second-order valence-electron chi connectivity index (χ2n) is 4.35. The van der Waals surface area contributed by atoms with Crippen molar-refractivity contribution >= 4 is 29.2 Å². The highest BCUT2D eigenvalue weighted by atomic mass is 35.5. The summed E-state index contributed by atoms with van der Waals surface area (Å²) in [5.74, 6) is -0.236. The Morgan fingerprint density at radius 2 is 1.71 bits per heavy atom. The summed E-state index contributed by atoms with van der Waals surface area (Å²) in [6, 6.07) is 13.2. The van der Waals surface area contributed by atoms with Gasteiger partial charge in [0.1, 0.15) is 0 Å². The molecular formula is C15H14ClN3O2. The maximum Gasteiger partial charge on any atom is 0.316 e. The maximum absolute atomic E-state index is 12.0. The summed E-state index contributed by atoms with van der Waals surface area (Å²) in [6.07, 6.45) is 0. The van der Waals surface area contributed by atoms with Crippen molar-refractivity contribution in [1.29, 1.82) is 0 Å². The zero-order valence-electron chi connectivity index (χ0n) is 11.1. The van der Waals surface area contributed by atoms with Gasteiger partial charge in [0, 0.05) is 12.2 Å². The van der Waals surface area contributed by atoms with Gasteiger partial charge in [-0.25, -0.2) is 4.79 Å². The molecule has 0 saturated heterocycles. The minimum absolute atomic E-state index is 0.236. The van der Waals surface area contributed by atoms with Crippen LogP contribution in [0.3, 0.4) is 0 Å². The Morgan fingerprint density at radius 3 is 2.33 bits per heavy atom. The largest absolute Gasteiger partial charge is 0.351 e. The van der Waals surface area contributed by atoms with Gasteiger partial charge in [-0.15, -0.1) is 0 Å². The smallest absolute Gasteiger partial charge is 0.316 e. The number of amides is 3. The van der Waals surface area contributed by atoms with Crippen LogP contribution in [0.2, 0.25) is 5.02 Å². The second-order valence-corrected chi connectivity index (χ2v) is 4.76. The normalized spacial score (nSPS) is 9.95. The van der Waals surface area contributed by atoms with Crippen LogP contribution in [0.1, 0.15) is 15.9 Å². The minimum Gasteiger partial charge on any atom is -0.351 e. The number of halogens is 1. The number of carbonyl (C=O) groups is 2. The van der Waals surface area contributed by atoms with Crippen LogP contribution >= 0.6 is 11.6 Å². The van der Waals surface area contributed by atoms with Gasteiger partial charge in [-0.2, -0.15) is 0 Å². The quantitative estimate of drug-likeness (QED) is 0.811. The third-order valence-corrected chi connectivity index (χ3v) is 3.12. The fraction of sp³-hybridized carbons (Fsp3) is 0.0667. The molecule has 3 amide bonds. The lowest BCUT2D eigenvalue weighted by Crippen LogP contribution is -2.23. The summed E-state index contributed by atoms with van der Waals surface area (Å²) in [7, 11) is 0. The number of nitrogens with one attached hydrogen (secondary N) is 2. The predicted molar refractivity (Wildman–Crippen MR) is 82.3 cm³/mol. The molecule has 0 atom stereocenters. The van der Waals surface area contributed by atoms with Crippen LogP contribution in [-0.4, -0.2) is 11.9 Å². The molecule has 0 aliphatic carbocycles. The van der Waals surface area contributed by atoms with Crippen molar-refractivity contribution in [3.8, 4) is 0 Å². The van der Waals surface area contributed by atoms with E-state index in [1.54, 1.807) is 48.5 Å². The molecule has 5 nitrogen and oxygen atoms in total. The number of nitrogens with two attached hydrogens (primary N) is 1. The monoisotopic (exact) mass is 303 g/mol. The van der Waals surface area contributed by atoms with Crippen LogP contribution in [0.5, 0.6) is 0 Å². The van der Waals surface area contributed by atoms with Crippen LogP contribution in [-0.2, 0) is 6.54 Å². The van der Waals surface area contributed by atoms with Crippen molar-refractivity contribution in [1.82, 2.24) is 5.32 Å². The van der Waals surface area contributed by atoms with E-state index in [1.807, 2.05) is 0 Å². The molecule has 0 heterocycles. The number of carbonyl (C=O) groups excluding carboxylic acids is 2. The molecule has 0 aromatic heterocycles. The molecule has 0 aliphatic heterocycles. The molecule has 0 spiro atoms. The summed E-state index contributed by atoms with van der Waals surface area (Å²) in [5.41, 5.74) is 6.95. The molecule has 6 heteroatoms. The molecule has 0 aliphatic rings. The maximum atomic E-state index is 12.0. The Hall–Kier alpha value is -2.53. The molecular weight excluding hydrogens is 290 g/mol. The van der Waals surface area contributed by atoms with Gasteiger partial charge in [0.2, 0.25) is 0 Å². The summed E-state index contributed by atoms with van der Waals surface area (Å²) in [6.45, 7) is 0.362. The van der Waals surface area contributed by atoms with Gasteiger partial charge in [0.25, 0.3) is 5.91 Å². The fourth-order valence-corrected chi connectivity index (χ4v) is 1.99. The molecule has 0 saturated carbocycles. The van der Waals surface area contributed by atoms with Crippen molar-refractivity contribution in [2.45, 2.75) is 6.54 Å². The highest BCUT2D eigenvalue weighted by molar-refractivity contribution is 6.33. The lowest BCUT2D eigenvalue weighted by Gasteiger charge is -2.08. The molecule has 21 heavy (non-hydrogen) atoms. The first-order valence-corrected chi connectivity index (χ1v) is 6.62. The van der Waals surface area contributed by atoms with E-state index in [-0.39, 0.29) is 5.91 Å². The Labute approximate surface area is 127 Å². The molecule has 0 radical (unpaired) electrons. The highest BCUT2D eigenvalue weighted by Crippen LogP contribution is 2.15. The third kappa shape index (κ3) is 4.22. The molecule has 2 rings (SSSR count). The van der Waals surface area contributed by atoms with Crippen LogP contribution in [0, 0.1) is 0 Å². The molecule has 108 valence electrons. The number of benzene rings is 2. The van der Waals surface area contributed by atoms with E-state index < -0.39 is 6.03 Å². The first-order valence-electron chi connectivity index (χ1n) is 6.24. The van der Waals surface area contributed by atoms with Crippen molar-refractivity contribution in [3.63, 3.8) is 0 Å². The van der Waals surface area contributed by atoms with Gasteiger partial charge in [0.05, 0.1) is 10.6 Å². The van der Waals surface area contributed by atoms with Gasteiger partial charge in [0.15, 0.2) is 0 Å². The van der Waals surface area contributed by atoms with E-state index in [4.69, 9.17) is 17.3 Å². The lowest BCUT2D eigenvalue weighted by atomic mass is 10.2. The topological polar surface area (TPSA) is 84.2 Å². The molecule has 4 N–H and O–H groups in total. The Kier molecular flexibility index (Phi) is 4.79. The standard InChI is InChI=1S/C15H14ClN3O2/c16-13-4-2-1-3-12(13)14(20)18-9-10-5-7-11(8-6-10)19-15(17)21/h1-8H,9H2,(H,18,20)(H3,17,19,21). The second kappa shape index (κ2) is 6.76. The van der Waals surface area contributed by atoms with Gasteiger partial charge >= 0.3 is 6.03 Å². The van der Waals surface area contributed by atoms with Crippen molar-refractivity contribution < 1.29 is 9.59 Å². The molecule has 2 aromatic rings. The average Bonchev–Trinajstić information content (AvgIpc) is 2.46.